The zero-order valence-electron chi connectivity index (χ0n) is 15.5. The van der Waals surface area contributed by atoms with Gasteiger partial charge < -0.3 is 31.5 Å². The molecule has 1 aromatic heterocycles. The maximum Gasteiger partial charge on any atom is 0.332 e. The Labute approximate surface area is 164 Å². The van der Waals surface area contributed by atoms with Gasteiger partial charge in [0.1, 0.15) is 11.5 Å². The van der Waals surface area contributed by atoms with Crippen LogP contribution in [-0.2, 0) is 20.1 Å². The van der Waals surface area contributed by atoms with Gasteiger partial charge in [-0.3, -0.25) is 13.9 Å². The van der Waals surface area contributed by atoms with E-state index in [1.165, 1.54) is 37.4 Å². The molecular weight excluding hydrogens is 380 g/mol. The Morgan fingerprint density at radius 3 is 2.03 bits per heavy atom. The summed E-state index contributed by atoms with van der Waals surface area (Å²) in [6, 6.07) is 8.28. The Bertz CT molecular complexity index is 1200. The van der Waals surface area contributed by atoms with Gasteiger partial charge in [0.05, 0.1) is 6.54 Å². The Balaban J connectivity index is 1.97. The van der Waals surface area contributed by atoms with Crippen LogP contribution in [0.15, 0.2) is 46.0 Å². The van der Waals surface area contributed by atoms with Crippen LogP contribution < -0.4 is 22.3 Å². The maximum absolute atomic E-state index is 12.5. The van der Waals surface area contributed by atoms with Crippen molar-refractivity contribution in [1.29, 1.82) is 0 Å². The molecule has 152 valence electrons. The molecule has 0 saturated heterocycles. The van der Waals surface area contributed by atoms with Gasteiger partial charge in [0.25, 0.3) is 5.56 Å². The molecule has 10 nitrogen and oxygen atoms in total. The van der Waals surface area contributed by atoms with E-state index in [2.05, 4.69) is 5.32 Å². The first-order valence-electron chi connectivity index (χ1n) is 8.54. The minimum Gasteiger partial charge on any atom is -0.504 e. The third-order valence-electron chi connectivity index (χ3n) is 4.47. The number of nitrogens with two attached hydrogens (primary N) is 1. The number of nitrogen functional groups attached to an aromatic ring is 1. The highest BCUT2D eigenvalue weighted by Crippen LogP contribution is 2.27. The quantitative estimate of drug-likeness (QED) is 0.339. The van der Waals surface area contributed by atoms with E-state index in [-0.39, 0.29) is 47.6 Å². The number of nitrogens with one attached hydrogen (secondary N) is 1. The van der Waals surface area contributed by atoms with Gasteiger partial charge in [0.15, 0.2) is 23.0 Å². The summed E-state index contributed by atoms with van der Waals surface area (Å²) in [4.78, 5) is 25.0. The van der Waals surface area contributed by atoms with Gasteiger partial charge in [-0.25, -0.2) is 4.79 Å². The molecule has 3 rings (SSSR count). The molecule has 29 heavy (non-hydrogen) atoms. The number of rotatable bonds is 5. The molecule has 0 aliphatic heterocycles. The third-order valence-corrected chi connectivity index (χ3v) is 4.47. The molecule has 0 fully saturated rings. The van der Waals surface area contributed by atoms with Crippen LogP contribution in [0.1, 0.15) is 11.1 Å². The third kappa shape index (κ3) is 3.81. The van der Waals surface area contributed by atoms with Crippen molar-refractivity contribution >= 4 is 11.5 Å². The normalized spacial score (nSPS) is 10.8. The summed E-state index contributed by atoms with van der Waals surface area (Å²) in [5, 5.41) is 40.9. The molecule has 0 amide bonds. The lowest BCUT2D eigenvalue weighted by molar-refractivity contribution is 0.403. The van der Waals surface area contributed by atoms with Gasteiger partial charge in [0, 0.05) is 13.6 Å². The summed E-state index contributed by atoms with van der Waals surface area (Å²) < 4.78 is 2.05. The van der Waals surface area contributed by atoms with Crippen molar-refractivity contribution in [3.8, 4) is 23.0 Å². The number of phenolic OH excluding ortho intramolecular Hbond substituents is 4. The molecule has 0 aliphatic rings. The summed E-state index contributed by atoms with van der Waals surface area (Å²) >= 11 is 0. The molecule has 0 unspecified atom stereocenters. The lowest BCUT2D eigenvalue weighted by atomic mass is 10.2. The van der Waals surface area contributed by atoms with Crippen molar-refractivity contribution in [3.05, 3.63) is 68.4 Å². The lowest BCUT2D eigenvalue weighted by Crippen LogP contribution is -2.41. The molecule has 10 heteroatoms. The Morgan fingerprint density at radius 1 is 0.897 bits per heavy atom. The largest absolute Gasteiger partial charge is 0.504 e. The SMILES string of the molecule is Cn1c(=O)c(NCc2ccc(O)c(O)c2)c(N)n(Cc2ccc(O)c(O)c2)c1=O. The zero-order chi connectivity index (χ0) is 21.3. The van der Waals surface area contributed by atoms with Crippen LogP contribution in [-0.4, -0.2) is 29.6 Å². The molecule has 0 spiro atoms. The molecular formula is C19H20N4O6. The predicted octanol–water partition coefficient (Wildman–Crippen LogP) is 0.612. The maximum atomic E-state index is 12.5. The number of benzene rings is 2. The van der Waals surface area contributed by atoms with E-state index in [9.17, 15) is 30.0 Å². The van der Waals surface area contributed by atoms with Crippen LogP contribution >= 0.6 is 0 Å². The summed E-state index contributed by atoms with van der Waals surface area (Å²) in [7, 11) is 1.31. The fourth-order valence-corrected chi connectivity index (χ4v) is 2.82. The van der Waals surface area contributed by atoms with E-state index in [0.29, 0.717) is 11.1 Å². The van der Waals surface area contributed by atoms with Crippen molar-refractivity contribution in [2.45, 2.75) is 13.1 Å². The van der Waals surface area contributed by atoms with E-state index >= 15 is 0 Å². The van der Waals surface area contributed by atoms with Gasteiger partial charge in [-0.1, -0.05) is 12.1 Å². The predicted molar refractivity (Wildman–Crippen MR) is 106 cm³/mol. The smallest absolute Gasteiger partial charge is 0.332 e. The average molecular weight is 400 g/mol. The van der Waals surface area contributed by atoms with E-state index in [1.54, 1.807) is 6.07 Å². The summed E-state index contributed by atoms with van der Waals surface area (Å²) in [6.07, 6.45) is 0. The monoisotopic (exact) mass is 400 g/mol. The van der Waals surface area contributed by atoms with E-state index in [4.69, 9.17) is 5.73 Å². The minimum atomic E-state index is -0.645. The van der Waals surface area contributed by atoms with Gasteiger partial charge in [-0.2, -0.15) is 0 Å². The van der Waals surface area contributed by atoms with Crippen LogP contribution in [0.25, 0.3) is 0 Å². The molecule has 0 radical (unpaired) electrons. The number of phenols is 4. The first-order chi connectivity index (χ1) is 13.7. The molecule has 0 saturated carbocycles. The van der Waals surface area contributed by atoms with Gasteiger partial charge >= 0.3 is 5.69 Å². The van der Waals surface area contributed by atoms with Crippen LogP contribution in [0.4, 0.5) is 11.5 Å². The molecule has 3 aromatic rings. The van der Waals surface area contributed by atoms with E-state index in [1.807, 2.05) is 0 Å². The van der Waals surface area contributed by atoms with Crippen molar-refractivity contribution < 1.29 is 20.4 Å². The standard InChI is InChI=1S/C19H20N4O6/c1-22-18(28)16(21-8-10-2-4-12(24)14(26)6-10)17(20)23(19(22)29)9-11-3-5-13(25)15(27)7-11/h2-7,21,24-27H,8-9,20H2,1H3. The highest BCUT2D eigenvalue weighted by molar-refractivity contribution is 5.61. The van der Waals surface area contributed by atoms with Gasteiger partial charge in [-0.15, -0.1) is 0 Å². The number of aromatic nitrogens is 2. The Morgan fingerprint density at radius 2 is 1.45 bits per heavy atom. The summed E-state index contributed by atoms with van der Waals surface area (Å²) in [5.41, 5.74) is 5.85. The van der Waals surface area contributed by atoms with Gasteiger partial charge in [0.2, 0.25) is 0 Å². The number of nitrogens with zero attached hydrogens (tertiary/aromatic N) is 2. The van der Waals surface area contributed by atoms with E-state index < -0.39 is 11.2 Å². The fraction of sp³-hybridized carbons (Fsp3) is 0.158. The minimum absolute atomic E-state index is 0.0114. The molecule has 0 atom stereocenters. The Kier molecular flexibility index (Phi) is 5.09. The number of hydrogen-bond acceptors (Lipinski definition) is 8. The number of anilines is 2. The van der Waals surface area contributed by atoms with Crippen molar-refractivity contribution in [2.24, 2.45) is 7.05 Å². The summed E-state index contributed by atoms with van der Waals surface area (Å²) in [5.74, 6) is -1.32. The van der Waals surface area contributed by atoms with Crippen molar-refractivity contribution in [2.75, 3.05) is 11.1 Å². The highest BCUT2D eigenvalue weighted by Gasteiger charge is 2.16. The van der Waals surface area contributed by atoms with Crippen LogP contribution in [0.3, 0.4) is 0 Å². The second kappa shape index (κ2) is 7.50. The zero-order valence-corrected chi connectivity index (χ0v) is 15.5. The fourth-order valence-electron chi connectivity index (χ4n) is 2.82. The topological polar surface area (TPSA) is 163 Å². The van der Waals surface area contributed by atoms with Crippen molar-refractivity contribution in [3.63, 3.8) is 0 Å². The summed E-state index contributed by atoms with van der Waals surface area (Å²) in [6.45, 7) is 0.0623. The Hall–Kier alpha value is -4.08. The second-order valence-corrected chi connectivity index (χ2v) is 6.49. The first kappa shape index (κ1) is 19.7. The van der Waals surface area contributed by atoms with Crippen LogP contribution in [0.2, 0.25) is 0 Å². The highest BCUT2D eigenvalue weighted by atomic mass is 16.3. The molecule has 7 N–H and O–H groups in total. The molecule has 2 aromatic carbocycles. The second-order valence-electron chi connectivity index (χ2n) is 6.49. The lowest BCUT2D eigenvalue weighted by Gasteiger charge is -2.16. The molecule has 0 aliphatic carbocycles. The van der Waals surface area contributed by atoms with Gasteiger partial charge in [-0.05, 0) is 35.4 Å². The number of aromatic hydroxyl groups is 4. The molecule has 1 heterocycles. The molecule has 0 bridgehead atoms. The number of hydrogen-bond donors (Lipinski definition) is 6. The van der Waals surface area contributed by atoms with E-state index in [0.717, 1.165) is 9.13 Å². The van der Waals surface area contributed by atoms with Crippen LogP contribution in [0.5, 0.6) is 23.0 Å². The van der Waals surface area contributed by atoms with Crippen LogP contribution in [0, 0.1) is 0 Å². The average Bonchev–Trinajstić information content (AvgIpc) is 2.69. The van der Waals surface area contributed by atoms with Crippen molar-refractivity contribution in [1.82, 2.24) is 9.13 Å². The first-order valence-corrected chi connectivity index (χ1v) is 8.54.